The van der Waals surface area contributed by atoms with E-state index in [1.165, 1.54) is 0 Å². The lowest BCUT2D eigenvalue weighted by Gasteiger charge is -2.37. The molecule has 2 N–H and O–H groups in total. The Labute approximate surface area is 176 Å². The van der Waals surface area contributed by atoms with Gasteiger partial charge in [-0.1, -0.05) is 32.0 Å². The summed E-state index contributed by atoms with van der Waals surface area (Å²) in [6.45, 7) is 5.58. The number of aliphatic carboxylic acids is 1. The van der Waals surface area contributed by atoms with Crippen molar-refractivity contribution in [1.29, 1.82) is 0 Å². The molecule has 0 saturated heterocycles. The number of ether oxygens (including phenoxy) is 1. The molecule has 0 bridgehead atoms. The third-order valence-electron chi connectivity index (χ3n) is 5.68. The first-order valence-corrected chi connectivity index (χ1v) is 10.0. The Balaban J connectivity index is 2.10. The van der Waals surface area contributed by atoms with E-state index in [-0.39, 0.29) is 36.4 Å². The number of rotatable bonds is 7. The third kappa shape index (κ3) is 4.19. The topological polar surface area (TPSA) is 70.0 Å². The van der Waals surface area contributed by atoms with Crippen LogP contribution in [0.3, 0.4) is 0 Å². The van der Waals surface area contributed by atoms with Crippen molar-refractivity contribution in [3.8, 4) is 5.75 Å². The summed E-state index contributed by atoms with van der Waals surface area (Å²) in [5.41, 5.74) is 3.80. The highest BCUT2D eigenvalue weighted by atomic mass is 19.1. The van der Waals surface area contributed by atoms with Crippen LogP contribution in [0, 0.1) is 18.7 Å². The van der Waals surface area contributed by atoms with E-state index in [0.717, 1.165) is 16.8 Å². The van der Waals surface area contributed by atoms with Crippen LogP contribution in [-0.4, -0.2) is 35.9 Å². The fourth-order valence-corrected chi connectivity index (χ4v) is 3.94. The number of nitrogens with zero attached hydrogens (tertiary/aromatic N) is 1. The molecule has 0 saturated carbocycles. The van der Waals surface area contributed by atoms with Gasteiger partial charge in [0.1, 0.15) is 11.6 Å². The van der Waals surface area contributed by atoms with Crippen LogP contribution >= 0.6 is 0 Å². The molecule has 30 heavy (non-hydrogen) atoms. The van der Waals surface area contributed by atoms with Crippen LogP contribution in [0.5, 0.6) is 5.75 Å². The second kappa shape index (κ2) is 8.88. The summed E-state index contributed by atoms with van der Waals surface area (Å²) in [6.07, 6.45) is 2.19. The summed E-state index contributed by atoms with van der Waals surface area (Å²) in [5.74, 6) is -0.537. The van der Waals surface area contributed by atoms with Gasteiger partial charge < -0.3 is 19.8 Å². The maximum atomic E-state index is 14.6. The number of carbonyl (C=O) groups is 1. The molecule has 1 aliphatic rings. The number of halogens is 1. The van der Waals surface area contributed by atoms with Crippen LogP contribution in [0.4, 0.5) is 10.1 Å². The summed E-state index contributed by atoms with van der Waals surface area (Å²) in [4.78, 5) is 13.6. The molecule has 0 spiro atoms. The van der Waals surface area contributed by atoms with E-state index >= 15 is 0 Å². The molecule has 1 atom stereocenters. The van der Waals surface area contributed by atoms with E-state index in [1.54, 1.807) is 32.4 Å². The van der Waals surface area contributed by atoms with Gasteiger partial charge in [-0.2, -0.15) is 0 Å². The van der Waals surface area contributed by atoms with Crippen molar-refractivity contribution in [2.24, 2.45) is 5.92 Å². The summed E-state index contributed by atoms with van der Waals surface area (Å²) in [7, 11) is 1.56. The van der Waals surface area contributed by atoms with Crippen molar-refractivity contribution in [2.45, 2.75) is 39.7 Å². The van der Waals surface area contributed by atoms with Crippen LogP contribution in [-0.2, 0) is 17.6 Å². The summed E-state index contributed by atoms with van der Waals surface area (Å²) < 4.78 is 20.2. The summed E-state index contributed by atoms with van der Waals surface area (Å²) in [5, 5.41) is 19.6. The molecule has 160 valence electrons. The van der Waals surface area contributed by atoms with Crippen LogP contribution < -0.4 is 9.64 Å². The monoisotopic (exact) mass is 413 g/mol. The van der Waals surface area contributed by atoms with Crippen LogP contribution in [0.15, 0.2) is 42.1 Å². The number of hydrogen-bond donors (Lipinski definition) is 2. The molecule has 0 unspecified atom stereocenters. The van der Waals surface area contributed by atoms with Crippen molar-refractivity contribution >= 4 is 11.7 Å². The van der Waals surface area contributed by atoms with E-state index in [2.05, 4.69) is 0 Å². The summed E-state index contributed by atoms with van der Waals surface area (Å²) >= 11 is 0. The first kappa shape index (κ1) is 21.8. The molecular formula is C24H28FNO4. The van der Waals surface area contributed by atoms with Gasteiger partial charge in [0.2, 0.25) is 0 Å². The minimum Gasteiger partial charge on any atom is -0.496 e. The van der Waals surface area contributed by atoms with Crippen LogP contribution in [0.25, 0.3) is 0 Å². The number of hydrogen-bond acceptors (Lipinski definition) is 4. The lowest BCUT2D eigenvalue weighted by atomic mass is 9.91. The van der Waals surface area contributed by atoms with Crippen LogP contribution in [0.2, 0.25) is 0 Å². The quantitative estimate of drug-likeness (QED) is 0.716. The number of carboxylic acids is 1. The minimum atomic E-state index is -0.992. The SMILES string of the molecule is COc1cc2c(cc1Cc1cccc(C)c1F)CC(C(=O)O)=CN2[C@H](CO)C(C)C. The zero-order chi connectivity index (χ0) is 22.0. The van der Waals surface area contributed by atoms with E-state index in [9.17, 15) is 19.4 Å². The first-order valence-electron chi connectivity index (χ1n) is 10.0. The van der Waals surface area contributed by atoms with Gasteiger partial charge in [-0.3, -0.25) is 0 Å². The highest BCUT2D eigenvalue weighted by Gasteiger charge is 2.29. The van der Waals surface area contributed by atoms with E-state index < -0.39 is 5.97 Å². The number of anilines is 1. The Kier molecular flexibility index (Phi) is 6.46. The first-order chi connectivity index (χ1) is 14.3. The number of aliphatic hydroxyl groups excluding tert-OH is 1. The lowest BCUT2D eigenvalue weighted by Crippen LogP contribution is -2.41. The Hall–Kier alpha value is -2.86. The highest BCUT2D eigenvalue weighted by Crippen LogP contribution is 2.38. The van der Waals surface area contributed by atoms with E-state index in [1.807, 2.05) is 36.9 Å². The van der Waals surface area contributed by atoms with Crippen molar-refractivity contribution < 1.29 is 24.1 Å². The number of benzene rings is 2. The number of methoxy groups -OCH3 is 1. The zero-order valence-electron chi connectivity index (χ0n) is 17.8. The van der Waals surface area contributed by atoms with Gasteiger partial charge in [-0.05, 0) is 41.2 Å². The standard InChI is InChI=1S/C24H28FNO4/c1-14(2)21(13-27)26-12-19(24(28)29)10-17-9-18(22(30-4)11-20(17)26)8-16-7-5-6-15(3)23(16)25/h5-7,9,11-12,14,21,27H,8,10,13H2,1-4H3,(H,28,29)/t21-/m1/s1. The minimum absolute atomic E-state index is 0.0966. The molecule has 0 radical (unpaired) electrons. The molecule has 5 nitrogen and oxygen atoms in total. The average molecular weight is 413 g/mol. The number of aryl methyl sites for hydroxylation is 1. The smallest absolute Gasteiger partial charge is 0.333 e. The van der Waals surface area contributed by atoms with Gasteiger partial charge in [0.25, 0.3) is 0 Å². The largest absolute Gasteiger partial charge is 0.496 e. The van der Waals surface area contributed by atoms with Crippen molar-refractivity contribution in [3.05, 3.63) is 70.2 Å². The molecule has 6 heteroatoms. The molecule has 0 aromatic heterocycles. The summed E-state index contributed by atoms with van der Waals surface area (Å²) in [6, 6.07) is 8.78. The van der Waals surface area contributed by atoms with Gasteiger partial charge in [0.15, 0.2) is 0 Å². The van der Waals surface area contributed by atoms with E-state index in [0.29, 0.717) is 23.3 Å². The maximum absolute atomic E-state index is 14.6. The van der Waals surface area contributed by atoms with Gasteiger partial charge in [0.05, 0.1) is 25.3 Å². The normalized spacial score (nSPS) is 14.4. The third-order valence-corrected chi connectivity index (χ3v) is 5.68. The number of aliphatic hydroxyl groups is 1. The zero-order valence-corrected chi connectivity index (χ0v) is 17.8. The number of carboxylic acid groups (broad SMARTS) is 1. The molecule has 0 amide bonds. The van der Waals surface area contributed by atoms with Gasteiger partial charge in [0, 0.05) is 30.8 Å². The Morgan fingerprint density at radius 2 is 2.00 bits per heavy atom. The highest BCUT2D eigenvalue weighted by molar-refractivity contribution is 5.89. The van der Waals surface area contributed by atoms with Crippen molar-refractivity contribution in [2.75, 3.05) is 18.6 Å². The molecule has 1 heterocycles. The predicted octanol–water partition coefficient (Wildman–Crippen LogP) is 4.08. The van der Waals surface area contributed by atoms with Gasteiger partial charge >= 0.3 is 5.97 Å². The Morgan fingerprint density at radius 3 is 2.60 bits per heavy atom. The van der Waals surface area contributed by atoms with Gasteiger partial charge in [-0.25, -0.2) is 9.18 Å². The Bertz CT molecular complexity index is 983. The lowest BCUT2D eigenvalue weighted by molar-refractivity contribution is -0.132. The second-order valence-corrected chi connectivity index (χ2v) is 8.06. The molecule has 2 aromatic rings. The van der Waals surface area contributed by atoms with E-state index in [4.69, 9.17) is 4.74 Å². The molecular weight excluding hydrogens is 385 g/mol. The fraction of sp³-hybridized carbons (Fsp3) is 0.375. The van der Waals surface area contributed by atoms with Crippen molar-refractivity contribution in [3.63, 3.8) is 0 Å². The second-order valence-electron chi connectivity index (χ2n) is 8.06. The molecule has 0 aliphatic carbocycles. The Morgan fingerprint density at radius 1 is 1.27 bits per heavy atom. The molecule has 3 rings (SSSR count). The van der Waals surface area contributed by atoms with Crippen LogP contribution in [0.1, 0.15) is 36.1 Å². The maximum Gasteiger partial charge on any atom is 0.333 e. The average Bonchev–Trinajstić information content (AvgIpc) is 2.70. The molecule has 0 fully saturated rings. The predicted molar refractivity (Wildman–Crippen MR) is 115 cm³/mol. The fourth-order valence-electron chi connectivity index (χ4n) is 3.94. The van der Waals surface area contributed by atoms with Gasteiger partial charge in [-0.15, -0.1) is 0 Å². The molecule has 1 aliphatic heterocycles. The van der Waals surface area contributed by atoms with Crippen molar-refractivity contribution in [1.82, 2.24) is 0 Å². The number of fused-ring (bicyclic) bond motifs is 1. The molecule has 2 aromatic carbocycles.